The number of hydrogen-bond acceptors (Lipinski definition) is 12. The van der Waals surface area contributed by atoms with Crippen LogP contribution in [0.4, 0.5) is 25.0 Å². The van der Waals surface area contributed by atoms with Crippen molar-refractivity contribution >= 4 is 35.9 Å². The number of aromatic nitrogens is 3. The largest absolute Gasteiger partial charge is 0.508 e. The van der Waals surface area contributed by atoms with Gasteiger partial charge in [-0.3, -0.25) is 5.32 Å². The van der Waals surface area contributed by atoms with Crippen LogP contribution in [0.3, 0.4) is 0 Å². The minimum absolute atomic E-state index is 0.118. The normalized spacial score (nSPS) is 15.9. The predicted octanol–water partition coefficient (Wildman–Crippen LogP) is 3.95. The summed E-state index contributed by atoms with van der Waals surface area (Å²) in [7, 11) is 3.48. The standard InChI is InChI=1S/C19H26N4O6.2C2H4O3/c1-19(2,3)10-28-18(25)27-9-12-5-8-15(29-12)13-6-7-14-16(22-17(24)26-4)20-11-21-23(13)14;2*1-5-2(3)4/h6-7,11-12,15H,5,8-10H2,1-4H3,(H,20,21,22,24);2*1H3,(H,3,4). The Morgan fingerprint density at radius 1 is 1.03 bits per heavy atom. The molecule has 1 fully saturated rings. The number of rotatable bonds is 5. The van der Waals surface area contributed by atoms with E-state index in [1.165, 1.54) is 13.4 Å². The minimum atomic E-state index is -1.25. The van der Waals surface area contributed by atoms with E-state index in [0.717, 1.165) is 32.8 Å². The smallest absolute Gasteiger partial charge is 0.453 e. The Bertz CT molecular complexity index is 1080. The first kappa shape index (κ1) is 32.7. The average Bonchev–Trinajstić information content (AvgIpc) is 3.54. The summed E-state index contributed by atoms with van der Waals surface area (Å²) >= 11 is 0. The molecular formula is C23H34N4O12. The van der Waals surface area contributed by atoms with E-state index in [4.69, 9.17) is 34.0 Å². The van der Waals surface area contributed by atoms with Crippen molar-refractivity contribution in [3.05, 3.63) is 24.2 Å². The number of hydrogen-bond donors (Lipinski definition) is 3. The van der Waals surface area contributed by atoms with Crippen LogP contribution in [0.2, 0.25) is 0 Å². The molecule has 16 heteroatoms. The van der Waals surface area contributed by atoms with Crippen molar-refractivity contribution in [2.75, 3.05) is 39.9 Å². The molecule has 1 aliphatic heterocycles. The summed E-state index contributed by atoms with van der Waals surface area (Å²) in [6.45, 7) is 6.35. The molecule has 0 aromatic carbocycles. The molecule has 3 N–H and O–H groups in total. The van der Waals surface area contributed by atoms with Crippen molar-refractivity contribution in [3.8, 4) is 0 Å². The van der Waals surface area contributed by atoms with Gasteiger partial charge >= 0.3 is 24.6 Å². The van der Waals surface area contributed by atoms with Crippen LogP contribution in [-0.2, 0) is 28.4 Å². The maximum Gasteiger partial charge on any atom is 0.508 e. The summed E-state index contributed by atoms with van der Waals surface area (Å²) in [6.07, 6.45) is -1.38. The summed E-state index contributed by atoms with van der Waals surface area (Å²) in [5, 5.41) is 21.8. The molecule has 1 saturated heterocycles. The molecule has 1 amide bonds. The lowest BCUT2D eigenvalue weighted by atomic mass is 9.99. The maximum absolute atomic E-state index is 11.7. The second-order valence-corrected chi connectivity index (χ2v) is 8.95. The van der Waals surface area contributed by atoms with Gasteiger partial charge in [0.15, 0.2) is 5.82 Å². The van der Waals surface area contributed by atoms with E-state index in [1.54, 1.807) is 10.6 Å². The molecule has 3 heterocycles. The number of amides is 1. The number of methoxy groups -OCH3 is 3. The van der Waals surface area contributed by atoms with Crippen LogP contribution >= 0.6 is 0 Å². The van der Waals surface area contributed by atoms with Gasteiger partial charge in [0, 0.05) is 0 Å². The van der Waals surface area contributed by atoms with Gasteiger partial charge in [-0.2, -0.15) is 5.10 Å². The average molecular weight is 559 g/mol. The van der Waals surface area contributed by atoms with Crippen LogP contribution in [0.25, 0.3) is 5.52 Å². The highest BCUT2D eigenvalue weighted by atomic mass is 16.7. The topological polar surface area (TPSA) is 206 Å². The van der Waals surface area contributed by atoms with E-state index < -0.39 is 24.6 Å². The van der Waals surface area contributed by atoms with Gasteiger partial charge in [0.25, 0.3) is 0 Å². The molecule has 218 valence electrons. The highest BCUT2D eigenvalue weighted by Crippen LogP contribution is 2.34. The molecule has 0 saturated carbocycles. The number of anilines is 1. The van der Waals surface area contributed by atoms with E-state index in [9.17, 15) is 9.59 Å². The van der Waals surface area contributed by atoms with Gasteiger partial charge in [0.1, 0.15) is 24.6 Å². The van der Waals surface area contributed by atoms with E-state index in [1.807, 2.05) is 26.8 Å². The van der Waals surface area contributed by atoms with Gasteiger partial charge in [-0.25, -0.2) is 28.7 Å². The third kappa shape index (κ3) is 12.2. The molecule has 2 aromatic heterocycles. The predicted molar refractivity (Wildman–Crippen MR) is 133 cm³/mol. The first-order valence-corrected chi connectivity index (χ1v) is 11.5. The monoisotopic (exact) mass is 558 g/mol. The molecule has 3 rings (SSSR count). The third-order valence-corrected chi connectivity index (χ3v) is 4.68. The van der Waals surface area contributed by atoms with Crippen molar-refractivity contribution in [1.82, 2.24) is 14.6 Å². The molecule has 2 aromatic rings. The number of carbonyl (C=O) groups is 4. The Hall–Kier alpha value is -4.34. The fourth-order valence-corrected chi connectivity index (χ4v) is 2.97. The molecular weight excluding hydrogens is 524 g/mol. The number of nitrogens with zero attached hydrogens (tertiary/aromatic N) is 3. The van der Waals surface area contributed by atoms with Crippen LogP contribution in [0.5, 0.6) is 0 Å². The lowest BCUT2D eigenvalue weighted by Crippen LogP contribution is -2.22. The fourth-order valence-electron chi connectivity index (χ4n) is 2.97. The van der Waals surface area contributed by atoms with Crippen LogP contribution in [0.15, 0.2) is 18.5 Å². The van der Waals surface area contributed by atoms with Gasteiger partial charge in [0.05, 0.1) is 39.7 Å². The Kier molecular flexibility index (Phi) is 13.2. The van der Waals surface area contributed by atoms with Crippen molar-refractivity contribution in [3.63, 3.8) is 0 Å². The van der Waals surface area contributed by atoms with Crippen LogP contribution < -0.4 is 5.32 Å². The number of carbonyl (C=O) groups excluding carboxylic acids is 2. The highest BCUT2D eigenvalue weighted by molar-refractivity contribution is 5.88. The second kappa shape index (κ2) is 15.8. The summed E-state index contributed by atoms with van der Waals surface area (Å²) in [6, 6.07) is 3.68. The molecule has 0 radical (unpaired) electrons. The zero-order valence-corrected chi connectivity index (χ0v) is 22.5. The maximum atomic E-state index is 11.7. The van der Waals surface area contributed by atoms with Crippen LogP contribution in [-0.4, -0.2) is 90.0 Å². The lowest BCUT2D eigenvalue weighted by Gasteiger charge is -2.18. The van der Waals surface area contributed by atoms with Crippen LogP contribution in [0, 0.1) is 5.41 Å². The number of ether oxygens (including phenoxy) is 6. The molecule has 16 nitrogen and oxygen atoms in total. The molecule has 39 heavy (non-hydrogen) atoms. The molecule has 1 aliphatic rings. The van der Waals surface area contributed by atoms with Crippen LogP contribution in [0.1, 0.15) is 45.4 Å². The van der Waals surface area contributed by atoms with Gasteiger partial charge in [0.2, 0.25) is 0 Å². The molecule has 2 unspecified atom stereocenters. The molecule has 0 bridgehead atoms. The number of carboxylic acid groups (broad SMARTS) is 2. The van der Waals surface area contributed by atoms with Gasteiger partial charge in [-0.1, -0.05) is 20.8 Å². The Morgan fingerprint density at radius 2 is 1.64 bits per heavy atom. The van der Waals surface area contributed by atoms with Crippen molar-refractivity contribution in [2.45, 2.75) is 45.8 Å². The Labute approximate surface area is 224 Å². The zero-order valence-electron chi connectivity index (χ0n) is 22.5. The quantitative estimate of drug-likeness (QED) is 0.351. The summed E-state index contributed by atoms with van der Waals surface area (Å²) < 4.78 is 29.9. The molecule has 0 aliphatic carbocycles. The molecule has 0 spiro atoms. The van der Waals surface area contributed by atoms with Gasteiger partial charge in [-0.05, 0) is 30.4 Å². The first-order valence-electron chi connectivity index (χ1n) is 11.5. The SMILES string of the molecule is COC(=O)Nc1ncnn2c(C3CCC(COC(=O)OCC(C)(C)C)O3)ccc12.COC(=O)O.COC(=O)O. The Morgan fingerprint density at radius 3 is 2.18 bits per heavy atom. The number of nitrogens with one attached hydrogen (secondary N) is 1. The van der Waals surface area contributed by atoms with Crippen molar-refractivity contribution in [2.24, 2.45) is 5.41 Å². The lowest BCUT2D eigenvalue weighted by molar-refractivity contribution is -0.0230. The first-order chi connectivity index (χ1) is 18.3. The summed E-state index contributed by atoms with van der Waals surface area (Å²) in [4.78, 5) is 45.6. The molecule has 2 atom stereocenters. The van der Waals surface area contributed by atoms with Gasteiger partial charge in [-0.15, -0.1) is 0 Å². The Balaban J connectivity index is 0.000000650. The van der Waals surface area contributed by atoms with E-state index in [-0.39, 0.29) is 30.8 Å². The fraction of sp³-hybridized carbons (Fsp3) is 0.565. The van der Waals surface area contributed by atoms with Crippen molar-refractivity contribution in [1.29, 1.82) is 0 Å². The van der Waals surface area contributed by atoms with Crippen molar-refractivity contribution < 1.29 is 57.8 Å². The zero-order chi connectivity index (χ0) is 29.6. The van der Waals surface area contributed by atoms with E-state index in [0.29, 0.717) is 11.3 Å². The summed E-state index contributed by atoms with van der Waals surface area (Å²) in [5.41, 5.74) is 1.34. The van der Waals surface area contributed by atoms with E-state index in [2.05, 4.69) is 29.6 Å². The van der Waals surface area contributed by atoms with E-state index >= 15 is 0 Å². The summed E-state index contributed by atoms with van der Waals surface area (Å²) in [5.74, 6) is 0.345. The van der Waals surface area contributed by atoms with Gasteiger partial charge < -0.3 is 38.6 Å². The minimum Gasteiger partial charge on any atom is -0.453 e. The second-order valence-electron chi connectivity index (χ2n) is 8.95. The highest BCUT2D eigenvalue weighted by Gasteiger charge is 2.30. The number of fused-ring (bicyclic) bond motifs is 1. The third-order valence-electron chi connectivity index (χ3n) is 4.68.